The summed E-state index contributed by atoms with van der Waals surface area (Å²) >= 11 is 0. The van der Waals surface area contributed by atoms with E-state index in [4.69, 9.17) is 0 Å². The molecule has 1 saturated heterocycles. The van der Waals surface area contributed by atoms with E-state index in [1.165, 1.54) is 10.6 Å². The molecule has 1 fully saturated rings. The minimum Gasteiger partial charge on any atom is -0.357 e. The number of amides is 2. The van der Waals surface area contributed by atoms with E-state index in [0.29, 0.717) is 31.9 Å². The lowest BCUT2D eigenvalue weighted by Crippen LogP contribution is -2.51. The van der Waals surface area contributed by atoms with Crippen LogP contribution in [0.15, 0.2) is 18.3 Å². The molecule has 0 aliphatic carbocycles. The molecule has 0 radical (unpaired) electrons. The highest BCUT2D eigenvalue weighted by atomic mass is 32.2. The first-order valence-corrected chi connectivity index (χ1v) is 9.92. The fraction of sp³-hybridized carbons (Fsp3) is 0.600. The summed E-state index contributed by atoms with van der Waals surface area (Å²) < 4.78 is 24.4. The van der Waals surface area contributed by atoms with Crippen molar-refractivity contribution in [2.45, 2.75) is 13.8 Å². The summed E-state index contributed by atoms with van der Waals surface area (Å²) in [5.41, 5.74) is 0.626. The predicted octanol–water partition coefficient (Wildman–Crippen LogP) is 1.04. The highest BCUT2D eigenvalue weighted by Crippen LogP contribution is 2.15. The van der Waals surface area contributed by atoms with Gasteiger partial charge in [0.15, 0.2) is 0 Å². The summed E-state index contributed by atoms with van der Waals surface area (Å²) in [7, 11) is -3.19. The number of hydrogen-bond acceptors (Lipinski definition) is 5. The van der Waals surface area contributed by atoms with Crippen molar-refractivity contribution in [2.24, 2.45) is 0 Å². The Kier molecular flexibility index (Phi) is 6.00. The number of carbonyl (C=O) groups excluding carboxylic acids is 1. The molecule has 134 valence electrons. The summed E-state index contributed by atoms with van der Waals surface area (Å²) in [6.07, 6.45) is 2.82. The topological polar surface area (TPSA) is 85.9 Å². The number of pyridine rings is 1. The number of sulfonamides is 1. The molecular weight excluding hydrogens is 330 g/mol. The Hall–Kier alpha value is -1.87. The van der Waals surface area contributed by atoms with Crippen LogP contribution in [0, 0.1) is 0 Å². The monoisotopic (exact) mass is 355 g/mol. The summed E-state index contributed by atoms with van der Waals surface area (Å²) in [5, 5.41) is 2.81. The fourth-order valence-corrected chi connectivity index (χ4v) is 3.45. The first kappa shape index (κ1) is 18.5. The molecule has 0 saturated carbocycles. The number of anilines is 2. The average molecular weight is 355 g/mol. The van der Waals surface area contributed by atoms with Crippen molar-refractivity contribution in [1.82, 2.24) is 14.2 Å². The number of carbonyl (C=O) groups is 1. The smallest absolute Gasteiger partial charge is 0.321 e. The third-order valence-electron chi connectivity index (χ3n) is 4.08. The number of rotatable bonds is 5. The minimum atomic E-state index is -3.19. The highest BCUT2D eigenvalue weighted by Gasteiger charge is 2.26. The lowest BCUT2D eigenvalue weighted by atomic mass is 10.3. The van der Waals surface area contributed by atoms with Crippen LogP contribution in [0.25, 0.3) is 0 Å². The van der Waals surface area contributed by atoms with Crippen LogP contribution in [0.4, 0.5) is 16.3 Å². The van der Waals surface area contributed by atoms with Gasteiger partial charge in [-0.05, 0) is 26.0 Å². The molecule has 0 aromatic carbocycles. The predicted molar refractivity (Wildman–Crippen MR) is 94.8 cm³/mol. The Balaban J connectivity index is 1.91. The molecule has 0 bridgehead atoms. The van der Waals surface area contributed by atoms with Crippen molar-refractivity contribution in [3.63, 3.8) is 0 Å². The maximum absolute atomic E-state index is 12.3. The second-order valence-corrected chi connectivity index (χ2v) is 7.64. The van der Waals surface area contributed by atoms with Crippen LogP contribution in [0.1, 0.15) is 13.8 Å². The zero-order valence-electron chi connectivity index (χ0n) is 14.4. The maximum Gasteiger partial charge on any atom is 0.321 e. The zero-order chi connectivity index (χ0) is 17.7. The van der Waals surface area contributed by atoms with Gasteiger partial charge in [-0.25, -0.2) is 18.2 Å². The molecule has 0 atom stereocenters. The second kappa shape index (κ2) is 7.80. The third kappa shape index (κ3) is 4.57. The largest absolute Gasteiger partial charge is 0.357 e. The maximum atomic E-state index is 12.3. The van der Waals surface area contributed by atoms with Crippen molar-refractivity contribution >= 4 is 27.6 Å². The third-order valence-corrected chi connectivity index (χ3v) is 5.38. The number of nitrogens with zero attached hydrogens (tertiary/aromatic N) is 4. The Morgan fingerprint density at radius 2 is 1.83 bits per heavy atom. The van der Waals surface area contributed by atoms with E-state index in [0.717, 1.165) is 18.9 Å². The molecule has 1 aliphatic rings. The van der Waals surface area contributed by atoms with Gasteiger partial charge in [0.05, 0.1) is 18.1 Å². The molecule has 2 heterocycles. The summed E-state index contributed by atoms with van der Waals surface area (Å²) in [4.78, 5) is 20.4. The van der Waals surface area contributed by atoms with E-state index < -0.39 is 10.0 Å². The average Bonchev–Trinajstić information content (AvgIpc) is 2.57. The van der Waals surface area contributed by atoms with Gasteiger partial charge >= 0.3 is 6.03 Å². The standard InChI is InChI=1S/C15H25N5O3S/c1-4-18(5-2)14-7-6-13(12-16-14)17-15(21)19-8-10-20(11-9-19)24(3,22)23/h6-7,12H,4-5,8-11H2,1-3H3,(H,17,21). The van der Waals surface area contributed by atoms with Crippen molar-refractivity contribution in [2.75, 3.05) is 55.7 Å². The van der Waals surface area contributed by atoms with Crippen LogP contribution < -0.4 is 10.2 Å². The molecular formula is C15H25N5O3S. The fourth-order valence-electron chi connectivity index (χ4n) is 2.62. The number of aromatic nitrogens is 1. The number of hydrogen-bond donors (Lipinski definition) is 1. The molecule has 1 aromatic heterocycles. The lowest BCUT2D eigenvalue weighted by Gasteiger charge is -2.33. The first-order chi connectivity index (χ1) is 11.3. The van der Waals surface area contributed by atoms with Gasteiger partial charge < -0.3 is 15.1 Å². The Morgan fingerprint density at radius 1 is 1.21 bits per heavy atom. The van der Waals surface area contributed by atoms with Crippen LogP contribution in [0.2, 0.25) is 0 Å². The Bertz CT molecular complexity index is 650. The van der Waals surface area contributed by atoms with Crippen LogP contribution in [0.5, 0.6) is 0 Å². The first-order valence-electron chi connectivity index (χ1n) is 8.07. The van der Waals surface area contributed by atoms with E-state index in [1.54, 1.807) is 11.1 Å². The molecule has 2 amide bonds. The van der Waals surface area contributed by atoms with Crippen molar-refractivity contribution in [3.8, 4) is 0 Å². The van der Waals surface area contributed by atoms with E-state index >= 15 is 0 Å². The van der Waals surface area contributed by atoms with Gasteiger partial charge in [-0.3, -0.25) is 0 Å². The van der Waals surface area contributed by atoms with Gasteiger partial charge in [-0.15, -0.1) is 0 Å². The molecule has 24 heavy (non-hydrogen) atoms. The van der Waals surface area contributed by atoms with Crippen molar-refractivity contribution in [1.29, 1.82) is 0 Å². The van der Waals surface area contributed by atoms with Crippen molar-refractivity contribution < 1.29 is 13.2 Å². The Labute approximate surface area is 143 Å². The molecule has 1 N–H and O–H groups in total. The quantitative estimate of drug-likeness (QED) is 0.853. The molecule has 0 unspecified atom stereocenters. The normalized spacial score (nSPS) is 16.0. The minimum absolute atomic E-state index is 0.236. The molecule has 9 heteroatoms. The highest BCUT2D eigenvalue weighted by molar-refractivity contribution is 7.88. The number of urea groups is 1. The Morgan fingerprint density at radius 3 is 2.29 bits per heavy atom. The van der Waals surface area contributed by atoms with E-state index in [1.807, 2.05) is 12.1 Å². The molecule has 0 spiro atoms. The van der Waals surface area contributed by atoms with E-state index in [2.05, 4.69) is 29.0 Å². The van der Waals surface area contributed by atoms with Gasteiger partial charge in [0.25, 0.3) is 0 Å². The van der Waals surface area contributed by atoms with Gasteiger partial charge in [-0.2, -0.15) is 4.31 Å². The summed E-state index contributed by atoms with van der Waals surface area (Å²) in [6, 6.07) is 3.47. The molecule has 1 aromatic rings. The van der Waals surface area contributed by atoms with Crippen LogP contribution in [-0.4, -0.2) is 74.2 Å². The summed E-state index contributed by atoms with van der Waals surface area (Å²) in [6.45, 7) is 7.29. The van der Waals surface area contributed by atoms with E-state index in [9.17, 15) is 13.2 Å². The van der Waals surface area contributed by atoms with Gasteiger partial charge in [-0.1, -0.05) is 0 Å². The van der Waals surface area contributed by atoms with Crippen molar-refractivity contribution in [3.05, 3.63) is 18.3 Å². The summed E-state index contributed by atoms with van der Waals surface area (Å²) in [5.74, 6) is 0.875. The number of piperazine rings is 1. The second-order valence-electron chi connectivity index (χ2n) is 5.66. The number of nitrogens with one attached hydrogen (secondary N) is 1. The van der Waals surface area contributed by atoms with Crippen LogP contribution >= 0.6 is 0 Å². The molecule has 1 aliphatic heterocycles. The van der Waals surface area contributed by atoms with Gasteiger partial charge in [0.2, 0.25) is 10.0 Å². The lowest BCUT2D eigenvalue weighted by molar-refractivity contribution is 0.184. The zero-order valence-corrected chi connectivity index (χ0v) is 15.2. The van der Waals surface area contributed by atoms with Crippen LogP contribution in [-0.2, 0) is 10.0 Å². The SMILES string of the molecule is CCN(CC)c1ccc(NC(=O)N2CCN(S(C)(=O)=O)CC2)cn1. The van der Waals surface area contributed by atoms with Crippen LogP contribution in [0.3, 0.4) is 0 Å². The molecule has 8 nitrogen and oxygen atoms in total. The van der Waals surface area contributed by atoms with E-state index in [-0.39, 0.29) is 6.03 Å². The van der Waals surface area contributed by atoms with Gasteiger partial charge in [0.1, 0.15) is 5.82 Å². The molecule has 2 rings (SSSR count). The van der Waals surface area contributed by atoms with Gasteiger partial charge in [0, 0.05) is 39.3 Å².